The van der Waals surface area contributed by atoms with Gasteiger partial charge in [0, 0.05) is 42.6 Å². The number of piperidine rings is 1. The predicted octanol–water partition coefficient (Wildman–Crippen LogP) is 5.40. The fourth-order valence-corrected chi connectivity index (χ4v) is 4.58. The first-order chi connectivity index (χ1) is 17.7. The zero-order valence-corrected chi connectivity index (χ0v) is 21.8. The van der Waals surface area contributed by atoms with Crippen LogP contribution in [0.2, 0.25) is 0 Å². The molecule has 2 aromatic carbocycles. The van der Waals surface area contributed by atoms with Gasteiger partial charge in [-0.15, -0.1) is 0 Å². The quantitative estimate of drug-likeness (QED) is 0.312. The minimum absolute atomic E-state index is 0.000772. The van der Waals surface area contributed by atoms with Gasteiger partial charge in [0.05, 0.1) is 12.0 Å². The number of amidine groups is 1. The van der Waals surface area contributed by atoms with Gasteiger partial charge in [-0.2, -0.15) is 0 Å². The maximum atomic E-state index is 15.0. The van der Waals surface area contributed by atoms with Gasteiger partial charge in [-0.3, -0.25) is 4.79 Å². The maximum absolute atomic E-state index is 15.0. The number of anilines is 1. The molecular weight excluding hydrogens is 474 g/mol. The molecule has 8 heteroatoms. The first-order valence-electron chi connectivity index (χ1n) is 12.6. The Labute approximate surface area is 217 Å². The third kappa shape index (κ3) is 5.84. The van der Waals surface area contributed by atoms with Gasteiger partial charge in [-0.05, 0) is 50.8 Å². The molecule has 2 saturated heterocycles. The summed E-state index contributed by atoms with van der Waals surface area (Å²) in [4.78, 5) is 18.4. The molecule has 2 aromatic rings. The minimum atomic E-state index is -0.854. The zero-order chi connectivity index (χ0) is 26.7. The van der Waals surface area contributed by atoms with Crippen molar-refractivity contribution in [2.45, 2.75) is 52.0 Å². The lowest BCUT2D eigenvalue weighted by Gasteiger charge is -2.41. The molecule has 0 spiro atoms. The summed E-state index contributed by atoms with van der Waals surface area (Å²) in [6.07, 6.45) is 1.67. The summed E-state index contributed by atoms with van der Waals surface area (Å²) in [5.41, 5.74) is 4.08. The van der Waals surface area contributed by atoms with Crippen molar-refractivity contribution in [3.8, 4) is 0 Å². The van der Waals surface area contributed by atoms with Crippen LogP contribution >= 0.6 is 0 Å². The van der Waals surface area contributed by atoms with Gasteiger partial charge in [-0.25, -0.2) is 13.8 Å². The molecule has 2 fully saturated rings. The normalized spacial score (nSPS) is 19.2. The van der Waals surface area contributed by atoms with E-state index in [2.05, 4.69) is 29.1 Å². The summed E-state index contributed by atoms with van der Waals surface area (Å²) in [5, 5.41) is 5.90. The van der Waals surface area contributed by atoms with Crippen LogP contribution in [0.1, 0.15) is 55.7 Å². The Morgan fingerprint density at radius 2 is 1.86 bits per heavy atom. The summed E-state index contributed by atoms with van der Waals surface area (Å²) in [7, 11) is 1.66. The van der Waals surface area contributed by atoms with E-state index in [4.69, 9.17) is 4.74 Å². The molecule has 4 rings (SSSR count). The summed E-state index contributed by atoms with van der Waals surface area (Å²) in [6.45, 7) is 10.9. The number of carbonyl (C=O) groups excluding carboxylic acids is 1. The highest BCUT2D eigenvalue weighted by Gasteiger charge is 2.33. The second-order valence-corrected chi connectivity index (χ2v) is 9.71. The molecular formula is C29H34F2N4O2. The number of halogens is 2. The van der Waals surface area contributed by atoms with Crippen LogP contribution in [0.4, 0.5) is 14.5 Å². The van der Waals surface area contributed by atoms with Crippen LogP contribution in [0.3, 0.4) is 0 Å². The van der Waals surface area contributed by atoms with E-state index in [0.29, 0.717) is 43.3 Å². The number of hydrogen-bond donors (Lipinski definition) is 2. The highest BCUT2D eigenvalue weighted by molar-refractivity contribution is 5.86. The van der Waals surface area contributed by atoms with Crippen LogP contribution in [0.25, 0.3) is 5.76 Å². The van der Waals surface area contributed by atoms with Crippen molar-refractivity contribution in [3.05, 3.63) is 82.6 Å². The second kappa shape index (κ2) is 11.2. The van der Waals surface area contributed by atoms with Gasteiger partial charge in [0.1, 0.15) is 17.4 Å². The predicted molar refractivity (Wildman–Crippen MR) is 143 cm³/mol. The van der Waals surface area contributed by atoms with Gasteiger partial charge in [-0.1, -0.05) is 43.3 Å². The Bertz CT molecular complexity index is 1220. The Kier molecular flexibility index (Phi) is 7.95. The minimum Gasteiger partial charge on any atom is -0.426 e. The number of carbonyl (C=O) groups is 1. The average molecular weight is 509 g/mol. The van der Waals surface area contributed by atoms with Crippen LogP contribution in [-0.4, -0.2) is 38.1 Å². The average Bonchev–Trinajstić information content (AvgIpc) is 2.84. The third-order valence-electron chi connectivity index (χ3n) is 6.97. The van der Waals surface area contributed by atoms with E-state index in [9.17, 15) is 13.6 Å². The Morgan fingerprint density at radius 3 is 2.43 bits per heavy atom. The van der Waals surface area contributed by atoms with Crippen LogP contribution in [-0.2, 0) is 9.53 Å². The number of aliphatic imine (C=N–C) groups is 1. The van der Waals surface area contributed by atoms with Crippen molar-refractivity contribution < 1.29 is 18.3 Å². The molecule has 1 amide bonds. The smallest absolute Gasteiger partial charge is 0.290 e. The molecule has 0 aliphatic carbocycles. The van der Waals surface area contributed by atoms with E-state index >= 15 is 0 Å². The third-order valence-corrected chi connectivity index (χ3v) is 6.97. The Balaban J connectivity index is 1.40. The van der Waals surface area contributed by atoms with Crippen LogP contribution in [0.5, 0.6) is 0 Å². The van der Waals surface area contributed by atoms with E-state index in [1.54, 1.807) is 7.05 Å². The number of aryl methyl sites for hydroxylation is 1. The molecule has 37 heavy (non-hydrogen) atoms. The molecule has 2 aliphatic rings. The molecule has 0 aromatic heterocycles. The number of rotatable bonds is 6. The lowest BCUT2D eigenvalue weighted by atomic mass is 9.88. The summed E-state index contributed by atoms with van der Waals surface area (Å²) in [6, 6.07) is 11.2. The molecule has 0 bridgehead atoms. The van der Waals surface area contributed by atoms with Crippen LogP contribution in [0.15, 0.2) is 59.2 Å². The lowest BCUT2D eigenvalue weighted by molar-refractivity contribution is -0.123. The summed E-state index contributed by atoms with van der Waals surface area (Å²) < 4.78 is 36.1. The van der Waals surface area contributed by atoms with Gasteiger partial charge in [0.25, 0.3) is 6.02 Å². The molecule has 2 aliphatic heterocycles. The maximum Gasteiger partial charge on any atom is 0.290 e. The van der Waals surface area contributed by atoms with Crippen LogP contribution in [0, 0.1) is 18.6 Å². The molecule has 6 nitrogen and oxygen atoms in total. The first kappa shape index (κ1) is 26.4. The number of amides is 1. The Morgan fingerprint density at radius 1 is 1.22 bits per heavy atom. The standard InChI is InChI=1S/C29H34F2N4O2/c1-6-18(3)27(20-10-7-17(2)8-11-20)37-29(32-5)34-21-15-35(16-21)22-13-24(30)26(25(31)14-22)23-12-9-19(4)33-28(23)36/h7-8,10-11,13-14,21,23H,4,6,9,12,15-16H2,1-3,5H3,(H,32,34)(H,33,36). The van der Waals surface area contributed by atoms with Crippen molar-refractivity contribution in [2.24, 2.45) is 4.99 Å². The number of ether oxygens (including phenoxy) is 1. The van der Waals surface area contributed by atoms with Crippen molar-refractivity contribution in [1.29, 1.82) is 0 Å². The van der Waals surface area contributed by atoms with E-state index < -0.39 is 23.5 Å². The number of hydrogen-bond acceptors (Lipinski definition) is 4. The molecule has 2 heterocycles. The fourth-order valence-electron chi connectivity index (χ4n) is 4.58. The highest BCUT2D eigenvalue weighted by Crippen LogP contribution is 2.34. The van der Waals surface area contributed by atoms with Crippen molar-refractivity contribution in [3.63, 3.8) is 0 Å². The van der Waals surface area contributed by atoms with Gasteiger partial charge >= 0.3 is 0 Å². The number of allylic oxidation sites excluding steroid dienone is 2. The van der Waals surface area contributed by atoms with Gasteiger partial charge < -0.3 is 20.3 Å². The van der Waals surface area contributed by atoms with Crippen molar-refractivity contribution in [1.82, 2.24) is 10.6 Å². The molecule has 196 valence electrons. The molecule has 2 N–H and O–H groups in total. The lowest BCUT2D eigenvalue weighted by Crippen LogP contribution is -2.59. The fraction of sp³-hybridized carbons (Fsp3) is 0.379. The van der Waals surface area contributed by atoms with E-state index in [0.717, 1.165) is 23.3 Å². The van der Waals surface area contributed by atoms with Crippen LogP contribution < -0.4 is 15.5 Å². The molecule has 1 unspecified atom stereocenters. The summed E-state index contributed by atoms with van der Waals surface area (Å²) >= 11 is 0. The number of nitrogens with one attached hydrogen (secondary N) is 2. The number of benzene rings is 2. The topological polar surface area (TPSA) is 66.0 Å². The van der Waals surface area contributed by atoms with Crippen molar-refractivity contribution in [2.75, 3.05) is 25.0 Å². The molecule has 0 saturated carbocycles. The van der Waals surface area contributed by atoms with Gasteiger partial charge in [0.2, 0.25) is 5.91 Å². The van der Waals surface area contributed by atoms with Gasteiger partial charge in [0.15, 0.2) is 0 Å². The monoisotopic (exact) mass is 508 g/mol. The Hall–Kier alpha value is -3.68. The largest absolute Gasteiger partial charge is 0.426 e. The van der Waals surface area contributed by atoms with E-state index in [1.165, 1.54) is 17.7 Å². The molecule has 0 radical (unpaired) electrons. The second-order valence-electron chi connectivity index (χ2n) is 9.71. The van der Waals surface area contributed by atoms with E-state index in [-0.39, 0.29) is 11.6 Å². The SMILES string of the molecule is C=C1CCC(c2c(F)cc(N3CC(NC(=NC)OC(=C(C)CC)c4ccc(C)cc4)C3)cc2F)C(=O)N1. The van der Waals surface area contributed by atoms with E-state index in [1.807, 2.05) is 43.0 Å². The zero-order valence-electron chi connectivity index (χ0n) is 21.8. The highest BCUT2D eigenvalue weighted by atomic mass is 19.1. The summed E-state index contributed by atoms with van der Waals surface area (Å²) in [5.74, 6) is -1.92. The molecule has 1 atom stereocenters. The first-order valence-corrected chi connectivity index (χ1v) is 12.6. The number of nitrogens with zero attached hydrogens (tertiary/aromatic N) is 2. The van der Waals surface area contributed by atoms with Crippen molar-refractivity contribution >= 4 is 23.4 Å².